The van der Waals surface area contributed by atoms with Gasteiger partial charge in [-0.05, 0) is 6.07 Å². The molecule has 0 aromatic heterocycles. The molecule has 0 aliphatic carbocycles. The summed E-state index contributed by atoms with van der Waals surface area (Å²) in [6.45, 7) is 0.247. The molecule has 0 fully saturated rings. The number of amides is 1. The lowest BCUT2D eigenvalue weighted by molar-refractivity contribution is -0.385. The molecule has 0 saturated heterocycles. The van der Waals surface area contributed by atoms with Gasteiger partial charge in [0.15, 0.2) is 0 Å². The van der Waals surface area contributed by atoms with Crippen LogP contribution in [0.25, 0.3) is 0 Å². The molecule has 1 aromatic carbocycles. The molecule has 18 heavy (non-hydrogen) atoms. The maximum atomic E-state index is 13.0. The van der Waals surface area contributed by atoms with Crippen LogP contribution < -0.4 is 11.1 Å². The zero-order valence-electron chi connectivity index (χ0n) is 9.39. The summed E-state index contributed by atoms with van der Waals surface area (Å²) in [5.41, 5.74) is 4.73. The van der Waals surface area contributed by atoms with Crippen molar-refractivity contribution in [1.29, 1.82) is 0 Å². The molecule has 0 spiro atoms. The van der Waals surface area contributed by atoms with Gasteiger partial charge in [0.2, 0.25) is 5.91 Å². The molecule has 0 aliphatic heterocycles. The molecule has 0 atom stereocenters. The van der Waals surface area contributed by atoms with Gasteiger partial charge in [-0.3, -0.25) is 14.9 Å². The summed E-state index contributed by atoms with van der Waals surface area (Å²) in [6.07, 6.45) is 0. The van der Waals surface area contributed by atoms with Crippen molar-refractivity contribution in [2.24, 2.45) is 5.73 Å². The number of halogens is 1. The molecule has 1 aromatic rings. The average Bonchev–Trinajstić information content (AvgIpc) is 2.28. The molecule has 0 radical (unpaired) electrons. The zero-order valence-corrected chi connectivity index (χ0v) is 9.39. The van der Waals surface area contributed by atoms with Crippen LogP contribution in [0.15, 0.2) is 18.2 Å². The first-order chi connectivity index (χ1) is 8.52. The molecule has 98 valence electrons. The largest absolute Gasteiger partial charge is 0.370 e. The lowest BCUT2D eigenvalue weighted by Crippen LogP contribution is -2.20. The molecular formula is C10H12FN3O4. The van der Waals surface area contributed by atoms with Crippen LogP contribution in [0.3, 0.4) is 0 Å². The minimum atomic E-state index is -0.803. The highest BCUT2D eigenvalue weighted by Crippen LogP contribution is 2.19. The van der Waals surface area contributed by atoms with Gasteiger partial charge in [0.1, 0.15) is 12.4 Å². The first-order valence-corrected chi connectivity index (χ1v) is 5.05. The van der Waals surface area contributed by atoms with Gasteiger partial charge in [-0.25, -0.2) is 4.39 Å². The summed E-state index contributed by atoms with van der Waals surface area (Å²) in [6, 6.07) is 2.80. The summed E-state index contributed by atoms with van der Waals surface area (Å²) in [7, 11) is 0. The second-order valence-electron chi connectivity index (χ2n) is 3.34. The van der Waals surface area contributed by atoms with E-state index in [1.165, 1.54) is 0 Å². The second-order valence-corrected chi connectivity index (χ2v) is 3.34. The van der Waals surface area contributed by atoms with Crippen LogP contribution in [0.4, 0.5) is 15.8 Å². The van der Waals surface area contributed by atoms with Crippen LogP contribution >= 0.6 is 0 Å². The molecule has 0 bridgehead atoms. The van der Waals surface area contributed by atoms with E-state index in [9.17, 15) is 19.3 Å². The van der Waals surface area contributed by atoms with Gasteiger partial charge in [0.25, 0.3) is 5.69 Å². The van der Waals surface area contributed by atoms with Crippen LogP contribution in [-0.2, 0) is 9.53 Å². The Morgan fingerprint density at radius 3 is 2.83 bits per heavy atom. The summed E-state index contributed by atoms with van der Waals surface area (Å²) in [4.78, 5) is 21.1. The maximum Gasteiger partial charge on any atom is 0.274 e. The highest BCUT2D eigenvalue weighted by Gasteiger charge is 2.11. The van der Waals surface area contributed by atoms with E-state index in [2.05, 4.69) is 5.32 Å². The van der Waals surface area contributed by atoms with E-state index in [1.807, 2.05) is 0 Å². The fourth-order valence-electron chi connectivity index (χ4n) is 1.20. The Kier molecular flexibility index (Phi) is 5.15. The number of benzene rings is 1. The Hall–Kier alpha value is -2.06. The molecule has 0 aliphatic rings. The van der Waals surface area contributed by atoms with Crippen molar-refractivity contribution in [3.8, 4) is 0 Å². The van der Waals surface area contributed by atoms with Gasteiger partial charge in [-0.1, -0.05) is 0 Å². The lowest BCUT2D eigenvalue weighted by atomic mass is 10.2. The number of non-ortho nitro benzene ring substituents is 1. The lowest BCUT2D eigenvalue weighted by Gasteiger charge is -2.05. The number of rotatable bonds is 6. The standard InChI is InChI=1S/C10H12FN3O4/c11-7-3-8(5-9(4-7)14(16)17)13-10(15)6-18-2-1-12/h3-5H,1-2,6,12H2,(H,13,15). The van der Waals surface area contributed by atoms with Crippen molar-refractivity contribution in [3.05, 3.63) is 34.1 Å². The summed E-state index contributed by atoms with van der Waals surface area (Å²) < 4.78 is 17.9. The first kappa shape index (κ1) is 14.0. The highest BCUT2D eigenvalue weighted by atomic mass is 19.1. The van der Waals surface area contributed by atoms with Gasteiger partial charge in [-0.15, -0.1) is 0 Å². The Bertz CT molecular complexity index is 453. The number of ether oxygens (including phenoxy) is 1. The van der Waals surface area contributed by atoms with Crippen molar-refractivity contribution in [2.45, 2.75) is 0 Å². The highest BCUT2D eigenvalue weighted by molar-refractivity contribution is 5.92. The molecule has 8 heteroatoms. The van der Waals surface area contributed by atoms with Crippen LogP contribution in [0.1, 0.15) is 0 Å². The normalized spacial score (nSPS) is 10.1. The number of nitrogens with one attached hydrogen (secondary N) is 1. The van der Waals surface area contributed by atoms with Crippen molar-refractivity contribution >= 4 is 17.3 Å². The van der Waals surface area contributed by atoms with Crippen LogP contribution in [0.5, 0.6) is 0 Å². The number of nitro groups is 1. The Morgan fingerprint density at radius 2 is 2.22 bits per heavy atom. The fourth-order valence-corrected chi connectivity index (χ4v) is 1.20. The van der Waals surface area contributed by atoms with Gasteiger partial charge in [0.05, 0.1) is 23.3 Å². The average molecular weight is 257 g/mol. The van der Waals surface area contributed by atoms with Gasteiger partial charge >= 0.3 is 0 Å². The molecule has 7 nitrogen and oxygen atoms in total. The SMILES string of the molecule is NCCOCC(=O)Nc1cc(F)cc([N+](=O)[O-])c1. The molecule has 0 unspecified atom stereocenters. The predicted octanol–water partition coefficient (Wildman–Crippen LogP) is 0.648. The first-order valence-electron chi connectivity index (χ1n) is 5.05. The zero-order chi connectivity index (χ0) is 13.5. The van der Waals surface area contributed by atoms with Crippen molar-refractivity contribution < 1.29 is 18.8 Å². The summed E-state index contributed by atoms with van der Waals surface area (Å²) >= 11 is 0. The number of nitro benzene ring substituents is 1. The fraction of sp³-hybridized carbons (Fsp3) is 0.300. The van der Waals surface area contributed by atoms with Crippen molar-refractivity contribution in [1.82, 2.24) is 0 Å². The quantitative estimate of drug-likeness (QED) is 0.442. The van der Waals surface area contributed by atoms with Crippen molar-refractivity contribution in [3.63, 3.8) is 0 Å². The molecular weight excluding hydrogens is 245 g/mol. The Labute approximate surface area is 102 Å². The van der Waals surface area contributed by atoms with Gasteiger partial charge in [-0.2, -0.15) is 0 Å². The third kappa shape index (κ3) is 4.44. The number of anilines is 1. The van der Waals surface area contributed by atoms with E-state index in [1.54, 1.807) is 0 Å². The van der Waals surface area contributed by atoms with Crippen LogP contribution in [0, 0.1) is 15.9 Å². The van der Waals surface area contributed by atoms with E-state index in [0.717, 1.165) is 18.2 Å². The van der Waals surface area contributed by atoms with E-state index < -0.39 is 22.3 Å². The topological polar surface area (TPSA) is 107 Å². The minimum absolute atomic E-state index is 0.00282. The smallest absolute Gasteiger partial charge is 0.274 e. The minimum Gasteiger partial charge on any atom is -0.370 e. The van der Waals surface area contributed by atoms with Crippen LogP contribution in [0.2, 0.25) is 0 Å². The number of hydrogen-bond donors (Lipinski definition) is 2. The molecule has 1 amide bonds. The Balaban J connectivity index is 2.66. The summed E-state index contributed by atoms with van der Waals surface area (Å²) in [5, 5.41) is 12.8. The van der Waals surface area contributed by atoms with E-state index in [0.29, 0.717) is 0 Å². The van der Waals surface area contributed by atoms with E-state index >= 15 is 0 Å². The van der Waals surface area contributed by atoms with E-state index in [-0.39, 0.29) is 25.4 Å². The monoisotopic (exact) mass is 257 g/mol. The Morgan fingerprint density at radius 1 is 1.50 bits per heavy atom. The van der Waals surface area contributed by atoms with E-state index in [4.69, 9.17) is 10.5 Å². The number of hydrogen-bond acceptors (Lipinski definition) is 5. The number of nitrogens with zero attached hydrogens (tertiary/aromatic N) is 1. The maximum absolute atomic E-state index is 13.0. The predicted molar refractivity (Wildman–Crippen MR) is 61.6 cm³/mol. The molecule has 3 N–H and O–H groups in total. The number of carbonyl (C=O) groups is 1. The third-order valence-corrected chi connectivity index (χ3v) is 1.87. The number of carbonyl (C=O) groups excluding carboxylic acids is 1. The van der Waals surface area contributed by atoms with Crippen LogP contribution in [-0.4, -0.2) is 30.6 Å². The summed E-state index contributed by atoms with van der Waals surface area (Å²) in [5.74, 6) is -1.34. The molecule has 1 rings (SSSR count). The third-order valence-electron chi connectivity index (χ3n) is 1.87. The molecule has 0 saturated carbocycles. The molecule has 0 heterocycles. The van der Waals surface area contributed by atoms with Gasteiger partial charge < -0.3 is 15.8 Å². The van der Waals surface area contributed by atoms with Crippen molar-refractivity contribution in [2.75, 3.05) is 25.1 Å². The number of nitrogens with two attached hydrogens (primary N) is 1. The second kappa shape index (κ2) is 6.62. The van der Waals surface area contributed by atoms with Gasteiger partial charge in [0, 0.05) is 12.6 Å².